The second-order valence-electron chi connectivity index (χ2n) is 9.32. The summed E-state index contributed by atoms with van der Waals surface area (Å²) in [4.78, 5) is 5.13. The van der Waals surface area contributed by atoms with Crippen molar-refractivity contribution in [1.82, 2.24) is 0 Å². The van der Waals surface area contributed by atoms with Crippen molar-refractivity contribution < 1.29 is 0 Å². The highest BCUT2D eigenvalue weighted by atomic mass is 127. The van der Waals surface area contributed by atoms with E-state index in [1.165, 1.54) is 64.9 Å². The molecule has 0 amide bonds. The molecule has 3 heteroatoms. The molecule has 34 heavy (non-hydrogen) atoms. The van der Waals surface area contributed by atoms with Crippen molar-refractivity contribution in [3.8, 4) is 11.1 Å². The van der Waals surface area contributed by atoms with E-state index in [-0.39, 0.29) is 24.0 Å². The van der Waals surface area contributed by atoms with Crippen molar-refractivity contribution in [2.45, 2.75) is 59.3 Å². The maximum atomic E-state index is 2.61. The smallest absolute Gasteiger partial charge is 0.0414 e. The van der Waals surface area contributed by atoms with E-state index in [1.54, 1.807) is 0 Å². The highest BCUT2D eigenvalue weighted by Crippen LogP contribution is 2.51. The molecule has 1 aliphatic rings. The van der Waals surface area contributed by atoms with Crippen LogP contribution in [0.25, 0.3) is 11.1 Å². The molecule has 1 unspecified atom stereocenters. The van der Waals surface area contributed by atoms with Crippen LogP contribution in [0.2, 0.25) is 0 Å². The Morgan fingerprint density at radius 2 is 1.15 bits per heavy atom. The zero-order valence-electron chi connectivity index (χ0n) is 21.4. The maximum absolute atomic E-state index is 2.61. The number of rotatable bonds is 11. The van der Waals surface area contributed by atoms with Crippen LogP contribution >= 0.6 is 24.0 Å². The average molecular weight is 569 g/mol. The van der Waals surface area contributed by atoms with Gasteiger partial charge in [-0.15, -0.1) is 24.0 Å². The molecular weight excluding hydrogens is 527 g/mol. The maximum Gasteiger partial charge on any atom is 0.0414 e. The van der Waals surface area contributed by atoms with Gasteiger partial charge in [-0.05, 0) is 71.7 Å². The van der Waals surface area contributed by atoms with E-state index in [2.05, 4.69) is 104 Å². The monoisotopic (exact) mass is 568 g/mol. The van der Waals surface area contributed by atoms with E-state index >= 15 is 0 Å². The Balaban J connectivity index is 0.00000324. The van der Waals surface area contributed by atoms with Gasteiger partial charge in [0.1, 0.15) is 0 Å². The fourth-order valence-electron chi connectivity index (χ4n) is 5.54. The molecule has 0 bridgehead atoms. The summed E-state index contributed by atoms with van der Waals surface area (Å²) < 4.78 is 0. The van der Waals surface area contributed by atoms with Gasteiger partial charge in [0, 0.05) is 43.5 Å². The van der Waals surface area contributed by atoms with Crippen molar-refractivity contribution in [1.29, 1.82) is 0 Å². The van der Waals surface area contributed by atoms with Crippen LogP contribution in [-0.2, 0) is 0 Å². The SMILES string of the molecule is CCCN(CCC)c1ccc(C2c3ccccc3-c3cccc(N(CCC)CCC)c32)cc1.I. The Morgan fingerprint density at radius 3 is 1.76 bits per heavy atom. The van der Waals surface area contributed by atoms with Crippen LogP contribution in [0.15, 0.2) is 66.7 Å². The molecule has 4 rings (SSSR count). The minimum Gasteiger partial charge on any atom is -0.372 e. The van der Waals surface area contributed by atoms with Crippen LogP contribution in [-0.4, -0.2) is 26.2 Å². The van der Waals surface area contributed by atoms with E-state index in [1.807, 2.05) is 0 Å². The van der Waals surface area contributed by atoms with Gasteiger partial charge in [-0.25, -0.2) is 0 Å². The van der Waals surface area contributed by atoms with Gasteiger partial charge in [0.2, 0.25) is 0 Å². The van der Waals surface area contributed by atoms with Crippen LogP contribution in [0.1, 0.15) is 76.0 Å². The molecule has 0 saturated heterocycles. The highest BCUT2D eigenvalue weighted by Gasteiger charge is 2.33. The minimum absolute atomic E-state index is 0. The molecule has 1 atom stereocenters. The third-order valence-electron chi connectivity index (χ3n) is 6.84. The van der Waals surface area contributed by atoms with Gasteiger partial charge in [-0.3, -0.25) is 0 Å². The molecule has 0 aliphatic heterocycles. The summed E-state index contributed by atoms with van der Waals surface area (Å²) in [6, 6.07) is 25.4. The van der Waals surface area contributed by atoms with Gasteiger partial charge >= 0.3 is 0 Å². The third kappa shape index (κ3) is 5.30. The van der Waals surface area contributed by atoms with Crippen LogP contribution in [0.5, 0.6) is 0 Å². The summed E-state index contributed by atoms with van der Waals surface area (Å²) in [5.41, 5.74) is 9.91. The van der Waals surface area contributed by atoms with E-state index < -0.39 is 0 Å². The fraction of sp³-hybridized carbons (Fsp3) is 0.419. The van der Waals surface area contributed by atoms with Gasteiger partial charge in [0.05, 0.1) is 0 Å². The first kappa shape index (κ1) is 26.6. The number of halogens is 1. The molecule has 2 nitrogen and oxygen atoms in total. The summed E-state index contributed by atoms with van der Waals surface area (Å²) in [6.07, 6.45) is 4.69. The molecular formula is C31H41IN2. The normalized spacial score (nSPS) is 13.7. The number of hydrogen-bond donors (Lipinski definition) is 0. The molecule has 0 fully saturated rings. The largest absolute Gasteiger partial charge is 0.372 e. The molecule has 0 heterocycles. The summed E-state index contributed by atoms with van der Waals surface area (Å²) in [5, 5.41) is 0. The Bertz CT molecular complexity index is 1030. The highest BCUT2D eigenvalue weighted by molar-refractivity contribution is 14.0. The molecule has 3 aromatic carbocycles. The first-order valence-electron chi connectivity index (χ1n) is 13.0. The van der Waals surface area contributed by atoms with Gasteiger partial charge in [0.25, 0.3) is 0 Å². The lowest BCUT2D eigenvalue weighted by atomic mass is 9.88. The Kier molecular flexibility index (Phi) is 9.87. The van der Waals surface area contributed by atoms with Crippen molar-refractivity contribution in [2.75, 3.05) is 36.0 Å². The number of hydrogen-bond acceptors (Lipinski definition) is 2. The van der Waals surface area contributed by atoms with Crippen molar-refractivity contribution in [2.24, 2.45) is 0 Å². The molecule has 0 spiro atoms. The Morgan fingerprint density at radius 1 is 0.588 bits per heavy atom. The van der Waals surface area contributed by atoms with E-state index in [4.69, 9.17) is 0 Å². The molecule has 0 N–H and O–H groups in total. The van der Waals surface area contributed by atoms with Gasteiger partial charge < -0.3 is 9.80 Å². The Hall–Kier alpha value is -2.01. The molecule has 0 aromatic heterocycles. The molecule has 182 valence electrons. The lowest BCUT2D eigenvalue weighted by molar-refractivity contribution is 0.739. The summed E-state index contributed by atoms with van der Waals surface area (Å²) in [6.45, 7) is 13.6. The number of anilines is 2. The van der Waals surface area contributed by atoms with Gasteiger partial charge in [0.15, 0.2) is 0 Å². The van der Waals surface area contributed by atoms with Crippen LogP contribution < -0.4 is 9.80 Å². The summed E-state index contributed by atoms with van der Waals surface area (Å²) >= 11 is 0. The van der Waals surface area contributed by atoms with Crippen molar-refractivity contribution in [3.05, 3.63) is 83.4 Å². The standard InChI is InChI=1S/C31H40N2.HI/c1-5-20-32(21-6-2)25-18-16-24(17-19-25)30-27-13-10-9-12-26(27)28-14-11-15-29(31(28)30)33(22-7-3)23-8-4;/h9-19,30H,5-8,20-23H2,1-4H3;1H. The second-order valence-corrected chi connectivity index (χ2v) is 9.32. The van der Waals surface area contributed by atoms with E-state index in [9.17, 15) is 0 Å². The first-order chi connectivity index (χ1) is 16.2. The number of fused-ring (bicyclic) bond motifs is 3. The van der Waals surface area contributed by atoms with Crippen LogP contribution in [0.3, 0.4) is 0 Å². The van der Waals surface area contributed by atoms with Gasteiger partial charge in [-0.2, -0.15) is 0 Å². The number of benzene rings is 3. The predicted octanol–water partition coefficient (Wildman–Crippen LogP) is 8.72. The molecule has 0 radical (unpaired) electrons. The zero-order valence-corrected chi connectivity index (χ0v) is 23.7. The third-order valence-corrected chi connectivity index (χ3v) is 6.84. The predicted molar refractivity (Wildman–Crippen MR) is 160 cm³/mol. The van der Waals surface area contributed by atoms with Crippen LogP contribution in [0, 0.1) is 0 Å². The zero-order chi connectivity index (χ0) is 23.2. The Labute approximate surface area is 224 Å². The molecule has 0 saturated carbocycles. The topological polar surface area (TPSA) is 6.48 Å². The van der Waals surface area contributed by atoms with Gasteiger partial charge in [-0.1, -0.05) is 76.2 Å². The molecule has 1 aliphatic carbocycles. The summed E-state index contributed by atoms with van der Waals surface area (Å²) in [5.74, 6) is 0.295. The van der Waals surface area contributed by atoms with E-state index in [0.29, 0.717) is 5.92 Å². The lowest BCUT2D eigenvalue weighted by Gasteiger charge is -2.29. The van der Waals surface area contributed by atoms with E-state index in [0.717, 1.165) is 26.2 Å². The lowest BCUT2D eigenvalue weighted by Crippen LogP contribution is -2.26. The second kappa shape index (κ2) is 12.6. The number of nitrogens with zero attached hydrogens (tertiary/aromatic N) is 2. The quantitative estimate of drug-likeness (QED) is 0.167. The molecule has 3 aromatic rings. The fourth-order valence-corrected chi connectivity index (χ4v) is 5.54. The average Bonchev–Trinajstić information content (AvgIpc) is 3.19. The first-order valence-corrected chi connectivity index (χ1v) is 13.0. The minimum atomic E-state index is 0. The van der Waals surface area contributed by atoms with Crippen LogP contribution in [0.4, 0.5) is 11.4 Å². The van der Waals surface area contributed by atoms with Crippen molar-refractivity contribution in [3.63, 3.8) is 0 Å². The summed E-state index contributed by atoms with van der Waals surface area (Å²) in [7, 11) is 0. The van der Waals surface area contributed by atoms with Crippen molar-refractivity contribution >= 4 is 35.4 Å².